The summed E-state index contributed by atoms with van der Waals surface area (Å²) in [4.78, 5) is 80.3. The predicted molar refractivity (Wildman–Crippen MR) is 618 cm³/mol. The lowest BCUT2D eigenvalue weighted by molar-refractivity contribution is -0.485. The van der Waals surface area contributed by atoms with Crippen LogP contribution in [0.1, 0.15) is 396 Å². The molecule has 0 aliphatic rings. The topological polar surface area (TPSA) is 473 Å². The van der Waals surface area contributed by atoms with Crippen LogP contribution in [0.4, 0.5) is 9.93 Å². The van der Waals surface area contributed by atoms with Crippen molar-refractivity contribution in [2.24, 2.45) is 81.6 Å². The fourth-order valence-corrected chi connectivity index (χ4v) is 13.3. The molecule has 39 heteroatoms. The molecule has 0 aromatic carbocycles. The number of carbonyl (C=O) groups excluding carboxylic acids is 5. The number of nitrogens with one attached hydrogen (secondary N) is 10. The third kappa shape index (κ3) is 141. The highest BCUT2D eigenvalue weighted by Gasteiger charge is 2.20. The molecule has 0 aliphatic heterocycles. The van der Waals surface area contributed by atoms with Gasteiger partial charge >= 0.3 is 6.09 Å². The van der Waals surface area contributed by atoms with Crippen molar-refractivity contribution in [1.82, 2.24) is 77.2 Å². The lowest BCUT2D eigenvalue weighted by Gasteiger charge is -2.21. The fourth-order valence-electron chi connectivity index (χ4n) is 11.5. The Morgan fingerprint density at radius 1 is 0.466 bits per heavy atom. The number of aliphatic hydroxyl groups excluding tert-OH is 1. The van der Waals surface area contributed by atoms with Crippen LogP contribution in [-0.2, 0) is 43.8 Å². The molecule has 1 aromatic rings. The smallest absolute Gasteiger partial charge is 0.433 e. The van der Waals surface area contributed by atoms with Crippen molar-refractivity contribution in [3.63, 3.8) is 0 Å². The number of aromatic nitrogens is 1. The average molecular weight is 2150 g/mol. The largest absolute Gasteiger partial charge is 0.451 e. The molecule has 0 fully saturated rings. The van der Waals surface area contributed by atoms with Gasteiger partial charge in [0.1, 0.15) is 17.5 Å². The molecule has 0 spiro atoms. The van der Waals surface area contributed by atoms with Gasteiger partial charge in [0.2, 0.25) is 33.7 Å². The number of carbonyl (C=O) groups is 5. The van der Waals surface area contributed by atoms with E-state index in [1.54, 1.807) is 37.3 Å². The van der Waals surface area contributed by atoms with Crippen LogP contribution in [0.25, 0.3) is 0 Å². The van der Waals surface area contributed by atoms with Crippen LogP contribution in [0.3, 0.4) is 0 Å². The maximum atomic E-state index is 11.2. The number of sulfonamides is 1. The SMILES string of the molecule is CC(C)(C)CCCN(O)S(C)(=O)=O.CC(C)(C)CCCNC(=O)CO.CC(C)(C)CCCNc1nccs1.CC(C)CCCNC(=O)C(C)C.CCC(=O)N(O)CCCC(C)(C)C.CCC(=O)NCCCC(C)(C)C.CN(C)/C(=C\S(C)(=O)=O)NCCCC(C)(C)C.CN/C(=N\[N+](=O)[O-])NCCCC(C)(C)C.CN=C(NC)NCCCC(C)(C)C.CN=C(NCCCC(C)(C)C)N(C)C.COC(=O)N(O)CCCC(C)C. The Labute approximate surface area is 898 Å². The van der Waals surface area contributed by atoms with E-state index < -0.39 is 37.6 Å². The minimum absolute atomic E-state index is 0.115. The van der Waals surface area contributed by atoms with Crippen LogP contribution in [0, 0.1) is 76.6 Å². The quantitative estimate of drug-likeness (QED) is 0.00720. The number of hydrogen-bond acceptors (Lipinski definition) is 23. The summed E-state index contributed by atoms with van der Waals surface area (Å²) in [6.45, 7) is 82.8. The molecule has 0 aliphatic carbocycles. The van der Waals surface area contributed by atoms with Gasteiger partial charge in [0.05, 0.1) is 25.3 Å². The Morgan fingerprint density at radius 2 is 0.808 bits per heavy atom. The van der Waals surface area contributed by atoms with Crippen molar-refractivity contribution in [3.8, 4) is 0 Å². The number of anilines is 1. The Hall–Kier alpha value is -7.17. The number of thiazole rings is 1. The lowest BCUT2D eigenvalue weighted by Crippen LogP contribution is -2.36. The Kier molecular flexibility index (Phi) is 96.2. The van der Waals surface area contributed by atoms with E-state index in [-0.39, 0.29) is 52.9 Å². The minimum Gasteiger partial charge on any atom is -0.451 e. The van der Waals surface area contributed by atoms with E-state index in [0.717, 1.165) is 163 Å². The van der Waals surface area contributed by atoms with Crippen LogP contribution in [0.2, 0.25) is 0 Å². The van der Waals surface area contributed by atoms with E-state index in [1.807, 2.05) is 79.5 Å². The van der Waals surface area contributed by atoms with Gasteiger partial charge in [0.25, 0.3) is 5.96 Å². The van der Waals surface area contributed by atoms with Crippen molar-refractivity contribution in [2.45, 2.75) is 396 Å². The summed E-state index contributed by atoms with van der Waals surface area (Å²) in [5.41, 5.74) is 3.09. The van der Waals surface area contributed by atoms with Gasteiger partial charge in [-0.25, -0.2) is 41.8 Å². The van der Waals surface area contributed by atoms with Crippen LogP contribution < -0.4 is 53.2 Å². The molecule has 0 atom stereocenters. The first-order chi connectivity index (χ1) is 66.3. The molecule has 0 saturated carbocycles. The van der Waals surface area contributed by atoms with Gasteiger partial charge < -0.3 is 72.8 Å². The zero-order valence-corrected chi connectivity index (χ0v) is 104. The molecule has 0 unspecified atom stereocenters. The third-order valence-corrected chi connectivity index (χ3v) is 22.2. The molecule has 1 heterocycles. The summed E-state index contributed by atoms with van der Waals surface area (Å²) < 4.78 is 48.6. The van der Waals surface area contributed by atoms with Crippen molar-refractivity contribution < 1.29 is 71.3 Å². The van der Waals surface area contributed by atoms with Gasteiger partial charge in [0, 0.05) is 158 Å². The highest BCUT2D eigenvalue weighted by molar-refractivity contribution is 7.93. The molecular weight excluding hydrogens is 1920 g/mol. The first-order valence-electron chi connectivity index (χ1n) is 52.8. The van der Waals surface area contributed by atoms with E-state index in [2.05, 4.69) is 293 Å². The summed E-state index contributed by atoms with van der Waals surface area (Å²) in [6.07, 6.45) is 27.6. The van der Waals surface area contributed by atoms with E-state index in [4.69, 9.17) is 15.5 Å². The number of nitrogens with zero attached hydrogens (tertiary/aromatic N) is 10. The van der Waals surface area contributed by atoms with Gasteiger partial charge in [-0.15, -0.1) is 11.3 Å². The molecule has 36 nitrogen and oxygen atoms in total. The number of hydrazone groups is 1. The van der Waals surface area contributed by atoms with E-state index in [9.17, 15) is 56.1 Å². The summed E-state index contributed by atoms with van der Waals surface area (Å²) in [7, 11) is 9.43. The molecule has 872 valence electrons. The number of guanidine groups is 3. The van der Waals surface area contributed by atoms with Gasteiger partial charge in [0.15, 0.2) is 31.9 Å². The Bertz CT molecular complexity index is 3690. The standard InChI is InChI=1S/C12H26N2O2S.C11H25N3.C10H23N3.C10H18N2S.C10H21NO2.2C10H21NO.C9H20N4O2.C9H19NO2.C8H19NO3S.C8H17NO3/c1-12(2,3)8-7-9-13-11(14(4)5)10-17(6,15)16;1-11(2,3)8-7-9-13-10(12-4)14(5)6;1-10(2,3)7-6-8-13-9(11-4)12-5;1-10(2,3)5-4-6-11-9-12-7-8-13-9;1-5-9(12)11(13)8-6-7-10(2,3)4;1-8(2)6-5-7-11-10(12)9(3)4;1-5-9(12)11-8-6-7-10(2,3)4;1-9(2,3)6-5-7-11-8(10-4)12-13(14)15;1-9(2,3)5-4-6-10-8(12)7-11;1-8(2,3)6-5-7-9(10)13(4,11)12;1-7(2)5-4-6-9(11)8(10)12-3/h10,13H,7-9H2,1-6H3;7-9H2,1-6H3,(H,12,13);6-8H2,1-5H3,(H2,11,12,13);7-8H,4-6H2,1-3H3,(H,11,12);13H,5-8H2,1-4H3;8-9H,5-7H2,1-4H3,(H,11,12);5-8H2,1-4H3,(H,11,12);5-7H2,1-4H3,(H2,10,11,12);11H,4-7H2,1-3H3,(H,10,12);10H,5-7H2,1-4H3;7,11H,4-6H2,1-3H3/b11-10-;;;;;;;;;;. The molecule has 0 radical (unpaired) electrons. The highest BCUT2D eigenvalue weighted by atomic mass is 32.2. The number of amides is 5. The monoisotopic (exact) mass is 2150 g/mol. The summed E-state index contributed by atoms with van der Waals surface area (Å²) in [6, 6.07) is 0. The molecule has 0 bridgehead atoms. The molecule has 146 heavy (non-hydrogen) atoms. The first kappa shape index (κ1) is 159. The molecular formula is C107H230N20O16S3. The lowest BCUT2D eigenvalue weighted by atomic mass is 9.90. The fraction of sp³-hybridized carbons (Fsp3) is 0.879. The zero-order valence-electron chi connectivity index (χ0n) is 102. The second kappa shape index (κ2) is 88.4. The van der Waals surface area contributed by atoms with Crippen molar-refractivity contribution in [1.29, 1.82) is 0 Å². The summed E-state index contributed by atoms with van der Waals surface area (Å²) in [5, 5.41) is 83.7. The predicted octanol–water partition coefficient (Wildman–Crippen LogP) is 21.2. The number of aliphatic imine (C=N–C) groups is 2. The Morgan fingerprint density at radius 3 is 1.11 bits per heavy atom. The number of hydroxylamine groups is 5. The average Bonchev–Trinajstić information content (AvgIpc) is 0.971. The van der Waals surface area contributed by atoms with Crippen LogP contribution in [0.5, 0.6) is 0 Å². The number of nitro groups is 1. The summed E-state index contributed by atoms with van der Waals surface area (Å²) >= 11 is 1.66. The van der Waals surface area contributed by atoms with E-state index in [0.29, 0.717) is 105 Å². The molecule has 0 saturated heterocycles. The van der Waals surface area contributed by atoms with E-state index in [1.165, 1.54) is 63.7 Å². The van der Waals surface area contributed by atoms with Gasteiger partial charge in [-0.3, -0.25) is 44.8 Å². The highest BCUT2D eigenvalue weighted by Crippen LogP contribution is 2.27. The molecule has 14 N–H and O–H groups in total. The maximum absolute atomic E-state index is 11.2. The number of methoxy groups -OCH3 is 1. The van der Waals surface area contributed by atoms with Crippen molar-refractivity contribution >= 4 is 83.9 Å². The molecule has 5 amide bonds. The Balaban J connectivity index is -0.000000174. The number of sulfone groups is 1. The zero-order chi connectivity index (χ0) is 116. The second-order valence-corrected chi connectivity index (χ2v) is 53.6. The van der Waals surface area contributed by atoms with Crippen molar-refractivity contribution in [3.05, 3.63) is 32.9 Å². The first-order valence-corrected chi connectivity index (χ1v) is 57.5. The van der Waals surface area contributed by atoms with Crippen molar-refractivity contribution in [2.75, 3.05) is 160 Å². The van der Waals surface area contributed by atoms with Crippen LogP contribution in [0.15, 0.2) is 37.9 Å². The van der Waals surface area contributed by atoms with Gasteiger partial charge in [-0.05, 0) is 202 Å². The van der Waals surface area contributed by atoms with Crippen LogP contribution in [-0.4, -0.2) is 274 Å². The summed E-state index contributed by atoms with van der Waals surface area (Å²) in [5.74, 6) is 3.95. The minimum atomic E-state index is -3.43. The number of aliphatic hydroxyl groups is 1. The van der Waals surface area contributed by atoms with E-state index >= 15 is 0 Å². The number of ether oxygens (including phenoxy) is 1. The second-order valence-electron chi connectivity index (χ2n) is 48.9. The van der Waals surface area contributed by atoms with Crippen LogP contribution >= 0.6 is 11.3 Å². The normalized spacial score (nSPS) is 12.1. The molecule has 1 rings (SSSR count). The maximum Gasteiger partial charge on any atom is 0.433 e. The number of rotatable bonds is 45. The third-order valence-electron chi connectivity index (χ3n) is 19.9. The van der Waals surface area contributed by atoms with Gasteiger partial charge in [-0.1, -0.05) is 247 Å². The molecule has 1 aromatic heterocycles. The van der Waals surface area contributed by atoms with Gasteiger partial charge in [-0.2, -0.15) is 5.06 Å². The number of hydrogen-bond donors (Lipinski definition) is 14.